The third kappa shape index (κ3) is 4.38. The quantitative estimate of drug-likeness (QED) is 0.508. The van der Waals surface area contributed by atoms with E-state index in [1.165, 1.54) is 0 Å². The van der Waals surface area contributed by atoms with Crippen LogP contribution in [0, 0.1) is 13.8 Å². The lowest BCUT2D eigenvalue weighted by Crippen LogP contribution is -2.19. The first-order valence-corrected chi connectivity index (χ1v) is 9.43. The van der Waals surface area contributed by atoms with Gasteiger partial charge in [-0.1, -0.05) is 17.3 Å². The molecular weight excluding hydrogens is 382 g/mol. The van der Waals surface area contributed by atoms with E-state index < -0.39 is 5.91 Å². The Bertz CT molecular complexity index is 1160. The first-order chi connectivity index (χ1) is 14.5. The number of nitrogens with zero attached hydrogens (tertiary/aromatic N) is 4. The van der Waals surface area contributed by atoms with Crippen molar-refractivity contribution in [3.8, 4) is 28.6 Å². The monoisotopic (exact) mass is 403 g/mol. The largest absolute Gasteiger partial charge is 0.484 e. The van der Waals surface area contributed by atoms with Crippen LogP contribution in [0.3, 0.4) is 0 Å². The predicted octanol–water partition coefficient (Wildman–Crippen LogP) is 3.13. The molecule has 0 saturated heterocycles. The molecule has 0 radical (unpaired) electrons. The van der Waals surface area contributed by atoms with Gasteiger partial charge in [0.2, 0.25) is 5.82 Å². The molecule has 1 amide bonds. The highest BCUT2D eigenvalue weighted by molar-refractivity contribution is 5.75. The maximum absolute atomic E-state index is 10.8. The normalized spacial score (nSPS) is 10.9. The number of ether oxygens (including phenoxy) is 1. The predicted molar refractivity (Wildman–Crippen MR) is 111 cm³/mol. The maximum Gasteiger partial charge on any atom is 0.258 e. The van der Waals surface area contributed by atoms with Crippen molar-refractivity contribution in [2.75, 3.05) is 6.61 Å². The molecule has 2 aromatic heterocycles. The van der Waals surface area contributed by atoms with E-state index in [0.29, 0.717) is 24.0 Å². The Morgan fingerprint density at radius 3 is 2.40 bits per heavy atom. The number of hydrogen-bond acceptors (Lipinski definition) is 6. The smallest absolute Gasteiger partial charge is 0.258 e. The molecule has 0 saturated carbocycles. The van der Waals surface area contributed by atoms with Gasteiger partial charge in [0.05, 0.1) is 12.2 Å². The van der Waals surface area contributed by atoms with Crippen molar-refractivity contribution in [3.63, 3.8) is 0 Å². The van der Waals surface area contributed by atoms with Crippen LogP contribution < -0.4 is 10.5 Å². The summed E-state index contributed by atoms with van der Waals surface area (Å²) < 4.78 is 12.7. The van der Waals surface area contributed by atoms with E-state index in [1.54, 1.807) is 24.3 Å². The van der Waals surface area contributed by atoms with Gasteiger partial charge in [0.1, 0.15) is 5.75 Å². The summed E-state index contributed by atoms with van der Waals surface area (Å²) in [7, 11) is 0. The summed E-state index contributed by atoms with van der Waals surface area (Å²) in [6.07, 6.45) is 0. The van der Waals surface area contributed by atoms with Gasteiger partial charge in [-0.05, 0) is 61.9 Å². The van der Waals surface area contributed by atoms with Gasteiger partial charge >= 0.3 is 0 Å². The third-order valence-corrected chi connectivity index (χ3v) is 4.56. The van der Waals surface area contributed by atoms with Gasteiger partial charge in [0.25, 0.3) is 11.8 Å². The van der Waals surface area contributed by atoms with Gasteiger partial charge in [-0.2, -0.15) is 10.1 Å². The van der Waals surface area contributed by atoms with Crippen LogP contribution in [0.1, 0.15) is 17.0 Å². The molecule has 0 aliphatic heterocycles. The summed E-state index contributed by atoms with van der Waals surface area (Å²) in [6.45, 7) is 4.58. The third-order valence-electron chi connectivity index (χ3n) is 4.56. The van der Waals surface area contributed by atoms with Gasteiger partial charge in [0, 0.05) is 16.8 Å². The Morgan fingerprint density at radius 2 is 1.77 bits per heavy atom. The van der Waals surface area contributed by atoms with Gasteiger partial charge in [0.15, 0.2) is 6.61 Å². The first kappa shape index (κ1) is 19.4. The fourth-order valence-corrected chi connectivity index (χ4v) is 3.07. The van der Waals surface area contributed by atoms with E-state index in [4.69, 9.17) is 15.0 Å². The fourth-order valence-electron chi connectivity index (χ4n) is 3.07. The van der Waals surface area contributed by atoms with Crippen molar-refractivity contribution >= 4 is 5.91 Å². The molecule has 0 spiro atoms. The van der Waals surface area contributed by atoms with E-state index in [-0.39, 0.29) is 6.61 Å². The Labute approximate surface area is 173 Å². The standard InChI is InChI=1S/C22H21N5O3/c1-14-11-15(2)27(25-14)12-16-3-5-18(6-4-16)22-24-21(26-30-22)17-7-9-19(10-8-17)29-13-20(23)28/h3-11H,12-13H2,1-2H3,(H2,23,28). The Kier molecular flexibility index (Phi) is 5.30. The van der Waals surface area contributed by atoms with E-state index in [0.717, 1.165) is 28.1 Å². The zero-order valence-electron chi connectivity index (χ0n) is 16.7. The molecule has 2 aromatic carbocycles. The second kappa shape index (κ2) is 8.20. The highest BCUT2D eigenvalue weighted by atomic mass is 16.5. The molecule has 2 N–H and O–H groups in total. The minimum absolute atomic E-state index is 0.165. The summed E-state index contributed by atoms with van der Waals surface area (Å²) in [5.41, 5.74) is 9.96. The molecule has 152 valence electrons. The number of carbonyl (C=O) groups excluding carboxylic acids is 1. The first-order valence-electron chi connectivity index (χ1n) is 9.43. The van der Waals surface area contributed by atoms with Gasteiger partial charge in [-0.25, -0.2) is 0 Å². The van der Waals surface area contributed by atoms with Crippen molar-refractivity contribution in [2.45, 2.75) is 20.4 Å². The van der Waals surface area contributed by atoms with Crippen molar-refractivity contribution in [1.82, 2.24) is 19.9 Å². The molecular formula is C22H21N5O3. The lowest BCUT2D eigenvalue weighted by molar-refractivity contribution is -0.119. The number of aryl methyl sites for hydroxylation is 2. The lowest BCUT2D eigenvalue weighted by atomic mass is 10.1. The summed E-state index contributed by atoms with van der Waals surface area (Å²) in [5.74, 6) is 0.928. The van der Waals surface area contributed by atoms with Crippen LogP contribution in [0.15, 0.2) is 59.1 Å². The summed E-state index contributed by atoms with van der Waals surface area (Å²) in [5, 5.41) is 8.55. The van der Waals surface area contributed by atoms with Crippen molar-refractivity contribution in [2.24, 2.45) is 5.73 Å². The molecule has 30 heavy (non-hydrogen) atoms. The van der Waals surface area contributed by atoms with E-state index >= 15 is 0 Å². The van der Waals surface area contributed by atoms with Crippen molar-refractivity contribution in [1.29, 1.82) is 0 Å². The average molecular weight is 403 g/mol. The Balaban J connectivity index is 1.46. The SMILES string of the molecule is Cc1cc(C)n(Cc2ccc(-c3nc(-c4ccc(OCC(N)=O)cc4)no3)cc2)n1. The molecule has 0 bridgehead atoms. The minimum Gasteiger partial charge on any atom is -0.484 e. The molecule has 0 aliphatic carbocycles. The van der Waals surface area contributed by atoms with Crippen LogP contribution in [0.2, 0.25) is 0 Å². The molecule has 8 nitrogen and oxygen atoms in total. The van der Waals surface area contributed by atoms with Crippen LogP contribution in [0.25, 0.3) is 22.8 Å². The van der Waals surface area contributed by atoms with Crippen molar-refractivity contribution in [3.05, 3.63) is 71.5 Å². The van der Waals surface area contributed by atoms with E-state index in [1.807, 2.05) is 42.8 Å². The van der Waals surface area contributed by atoms with Crippen LogP contribution in [-0.4, -0.2) is 32.4 Å². The second-order valence-electron chi connectivity index (χ2n) is 6.98. The molecule has 4 aromatic rings. The lowest BCUT2D eigenvalue weighted by Gasteiger charge is -2.05. The summed E-state index contributed by atoms with van der Waals surface area (Å²) in [4.78, 5) is 15.3. The molecule has 0 atom stereocenters. The Morgan fingerprint density at radius 1 is 1.07 bits per heavy atom. The molecule has 2 heterocycles. The average Bonchev–Trinajstić information content (AvgIpc) is 3.34. The number of primary amides is 1. The zero-order chi connectivity index (χ0) is 21.1. The zero-order valence-corrected chi connectivity index (χ0v) is 16.7. The summed E-state index contributed by atoms with van der Waals surface area (Å²) >= 11 is 0. The van der Waals surface area contributed by atoms with Crippen LogP contribution >= 0.6 is 0 Å². The molecule has 0 aliphatic rings. The Hall–Kier alpha value is -3.94. The number of carbonyl (C=O) groups is 1. The number of rotatable bonds is 7. The van der Waals surface area contributed by atoms with Gasteiger partial charge in [-0.15, -0.1) is 0 Å². The van der Waals surface area contributed by atoms with Gasteiger partial charge in [-0.3, -0.25) is 9.48 Å². The number of benzene rings is 2. The second-order valence-corrected chi connectivity index (χ2v) is 6.98. The minimum atomic E-state index is -0.525. The van der Waals surface area contributed by atoms with Crippen LogP contribution in [0.5, 0.6) is 5.75 Å². The highest BCUT2D eigenvalue weighted by Crippen LogP contribution is 2.24. The number of aromatic nitrogens is 4. The number of nitrogens with two attached hydrogens (primary N) is 1. The van der Waals surface area contributed by atoms with Gasteiger partial charge < -0.3 is 15.0 Å². The fraction of sp³-hybridized carbons (Fsp3) is 0.182. The van der Waals surface area contributed by atoms with Crippen molar-refractivity contribution < 1.29 is 14.1 Å². The molecule has 4 rings (SSSR count). The molecule has 0 unspecified atom stereocenters. The molecule has 8 heteroatoms. The highest BCUT2D eigenvalue weighted by Gasteiger charge is 2.11. The van der Waals surface area contributed by atoms with Crippen LogP contribution in [0.4, 0.5) is 0 Å². The van der Waals surface area contributed by atoms with E-state index in [9.17, 15) is 4.79 Å². The number of hydrogen-bond donors (Lipinski definition) is 1. The summed E-state index contributed by atoms with van der Waals surface area (Å²) in [6, 6.07) is 17.1. The topological polar surface area (TPSA) is 109 Å². The maximum atomic E-state index is 10.8. The van der Waals surface area contributed by atoms with Crippen LogP contribution in [-0.2, 0) is 11.3 Å². The van der Waals surface area contributed by atoms with E-state index in [2.05, 4.69) is 21.3 Å². The number of amides is 1. The molecule has 0 fully saturated rings.